The lowest BCUT2D eigenvalue weighted by Crippen LogP contribution is -2.39. The van der Waals surface area contributed by atoms with Gasteiger partial charge in [-0.3, -0.25) is 14.6 Å². The van der Waals surface area contributed by atoms with Crippen LogP contribution < -0.4 is 9.47 Å². The number of amides is 1. The molecular formula is C28H30N2O5. The molecule has 182 valence electrons. The summed E-state index contributed by atoms with van der Waals surface area (Å²) in [5.74, 6) is 0.944. The minimum Gasteiger partial charge on any atom is -0.490 e. The van der Waals surface area contributed by atoms with Gasteiger partial charge in [0.2, 0.25) is 0 Å². The molecule has 3 aliphatic rings. The number of pyridine rings is 1. The van der Waals surface area contributed by atoms with Crippen LogP contribution in [-0.2, 0) is 20.9 Å². The first kappa shape index (κ1) is 23.1. The third-order valence-electron chi connectivity index (χ3n) is 6.87. The second-order valence-electron chi connectivity index (χ2n) is 9.09. The maximum atomic E-state index is 13.8. The zero-order valence-corrected chi connectivity index (χ0v) is 19.9. The summed E-state index contributed by atoms with van der Waals surface area (Å²) < 4.78 is 17.9. The van der Waals surface area contributed by atoms with E-state index >= 15 is 0 Å². The van der Waals surface area contributed by atoms with Crippen molar-refractivity contribution in [3.63, 3.8) is 0 Å². The maximum Gasteiger partial charge on any atom is 0.290 e. The first-order valence-corrected chi connectivity index (χ1v) is 12.3. The average molecular weight is 475 g/mol. The zero-order valence-electron chi connectivity index (χ0n) is 19.9. The molecule has 0 bridgehead atoms. The van der Waals surface area contributed by atoms with E-state index in [1.807, 2.05) is 37.3 Å². The van der Waals surface area contributed by atoms with Crippen molar-refractivity contribution < 1.29 is 23.8 Å². The van der Waals surface area contributed by atoms with Gasteiger partial charge in [0.25, 0.3) is 5.91 Å². The van der Waals surface area contributed by atoms with Crippen LogP contribution in [0.4, 0.5) is 0 Å². The van der Waals surface area contributed by atoms with E-state index in [9.17, 15) is 9.59 Å². The molecule has 7 nitrogen and oxygen atoms in total. The predicted molar refractivity (Wildman–Crippen MR) is 130 cm³/mol. The lowest BCUT2D eigenvalue weighted by Gasteiger charge is -2.35. The number of nitrogens with zero attached hydrogens (tertiary/aromatic N) is 2. The van der Waals surface area contributed by atoms with Crippen LogP contribution in [0.1, 0.15) is 49.8 Å². The highest BCUT2D eigenvalue weighted by Crippen LogP contribution is 2.48. The molecule has 1 aliphatic carbocycles. The molecule has 3 unspecified atom stereocenters. The topological polar surface area (TPSA) is 78.0 Å². The second-order valence-corrected chi connectivity index (χ2v) is 9.09. The van der Waals surface area contributed by atoms with Crippen LogP contribution >= 0.6 is 0 Å². The number of rotatable bonds is 8. The molecule has 1 saturated carbocycles. The molecule has 1 aromatic carbocycles. The quantitative estimate of drug-likeness (QED) is 0.523. The Hall–Kier alpha value is -3.61. The molecule has 1 amide bonds. The highest BCUT2D eigenvalue weighted by atomic mass is 16.5. The van der Waals surface area contributed by atoms with Crippen LogP contribution in [0.3, 0.4) is 0 Å². The summed E-state index contributed by atoms with van der Waals surface area (Å²) in [5.41, 5.74) is 2.13. The number of ether oxygens (including phenoxy) is 3. The fraction of sp³-hybridized carbons (Fsp3) is 0.393. The van der Waals surface area contributed by atoms with E-state index in [0.717, 1.165) is 36.8 Å². The molecule has 35 heavy (non-hydrogen) atoms. The summed E-state index contributed by atoms with van der Waals surface area (Å²) in [6.45, 7) is 6.72. The third kappa shape index (κ3) is 4.31. The van der Waals surface area contributed by atoms with Gasteiger partial charge in [-0.05, 0) is 55.5 Å². The number of ketones is 1. The van der Waals surface area contributed by atoms with Crippen LogP contribution in [0.5, 0.6) is 11.5 Å². The van der Waals surface area contributed by atoms with Crippen LogP contribution in [-0.4, -0.2) is 40.9 Å². The van der Waals surface area contributed by atoms with Gasteiger partial charge >= 0.3 is 0 Å². The molecule has 3 atom stereocenters. The van der Waals surface area contributed by atoms with E-state index in [-0.39, 0.29) is 29.5 Å². The van der Waals surface area contributed by atoms with E-state index < -0.39 is 6.04 Å². The van der Waals surface area contributed by atoms with Crippen molar-refractivity contribution >= 4 is 11.7 Å². The van der Waals surface area contributed by atoms with Crippen molar-refractivity contribution in [1.82, 2.24) is 9.88 Å². The van der Waals surface area contributed by atoms with E-state index in [1.165, 1.54) is 0 Å². The smallest absolute Gasteiger partial charge is 0.290 e. The highest BCUT2D eigenvalue weighted by molar-refractivity contribution is 6.11. The van der Waals surface area contributed by atoms with Crippen LogP contribution in [0.15, 0.2) is 66.7 Å². The largest absolute Gasteiger partial charge is 0.490 e. The molecule has 0 spiro atoms. The highest BCUT2D eigenvalue weighted by Gasteiger charge is 2.52. The Morgan fingerprint density at radius 3 is 2.80 bits per heavy atom. The standard InChI is InChI=1S/C28H30N2O5/c1-3-14-34-22-12-11-19(15-23(22)33-4-2)25-24-26(31)20-9-5-6-10-21(20)35-27(24)28(32)30(25)17-18-8-7-13-29-16-18/h3,7-8,11-13,15-16,20-21,25H,1,4-6,9-10,14,17H2,2H3. The zero-order chi connectivity index (χ0) is 24.4. The average Bonchev–Trinajstić information content (AvgIpc) is 3.15. The van der Waals surface area contributed by atoms with Crippen molar-refractivity contribution in [1.29, 1.82) is 0 Å². The summed E-state index contributed by atoms with van der Waals surface area (Å²) in [5, 5.41) is 0. The third-order valence-corrected chi connectivity index (χ3v) is 6.87. The molecule has 1 aromatic heterocycles. The number of aromatic nitrogens is 1. The number of carbonyl (C=O) groups is 2. The molecule has 1 fully saturated rings. The van der Waals surface area contributed by atoms with Crippen molar-refractivity contribution in [3.05, 3.63) is 77.8 Å². The molecule has 3 heterocycles. The van der Waals surface area contributed by atoms with Gasteiger partial charge < -0.3 is 19.1 Å². The van der Waals surface area contributed by atoms with Gasteiger partial charge in [-0.2, -0.15) is 0 Å². The van der Waals surface area contributed by atoms with Crippen LogP contribution in [0.25, 0.3) is 0 Å². The fourth-order valence-corrected chi connectivity index (χ4v) is 5.32. The number of fused-ring (bicyclic) bond motifs is 1. The molecule has 2 aromatic rings. The number of carbonyl (C=O) groups excluding carboxylic acids is 2. The van der Waals surface area contributed by atoms with Gasteiger partial charge in [0.15, 0.2) is 23.0 Å². The molecular weight excluding hydrogens is 444 g/mol. The molecule has 0 saturated heterocycles. The first-order valence-electron chi connectivity index (χ1n) is 12.3. The summed E-state index contributed by atoms with van der Waals surface area (Å²) in [6, 6.07) is 8.79. The van der Waals surface area contributed by atoms with E-state index in [4.69, 9.17) is 14.2 Å². The minimum absolute atomic E-state index is 0.0351. The van der Waals surface area contributed by atoms with Gasteiger partial charge in [0, 0.05) is 18.9 Å². The first-order chi connectivity index (χ1) is 17.1. The van der Waals surface area contributed by atoms with Crippen LogP contribution in [0.2, 0.25) is 0 Å². The lowest BCUT2D eigenvalue weighted by atomic mass is 9.77. The summed E-state index contributed by atoms with van der Waals surface area (Å²) in [6.07, 6.45) is 8.50. The number of benzene rings is 1. The van der Waals surface area contributed by atoms with Crippen molar-refractivity contribution in [2.24, 2.45) is 5.92 Å². The minimum atomic E-state index is -0.569. The van der Waals surface area contributed by atoms with E-state index in [1.54, 1.807) is 23.4 Å². The van der Waals surface area contributed by atoms with Crippen molar-refractivity contribution in [3.8, 4) is 11.5 Å². The molecule has 2 aliphatic heterocycles. The van der Waals surface area contributed by atoms with E-state index in [0.29, 0.717) is 36.8 Å². The van der Waals surface area contributed by atoms with Crippen molar-refractivity contribution in [2.45, 2.75) is 51.3 Å². The Labute approximate surface area is 205 Å². The number of hydrogen-bond donors (Lipinski definition) is 0. The lowest BCUT2D eigenvalue weighted by molar-refractivity contribution is -0.135. The second kappa shape index (κ2) is 9.94. The molecule has 0 N–H and O–H groups in total. The Kier molecular flexibility index (Phi) is 6.57. The molecule has 0 radical (unpaired) electrons. The summed E-state index contributed by atoms with van der Waals surface area (Å²) in [4.78, 5) is 33.4. The predicted octanol–water partition coefficient (Wildman–Crippen LogP) is 4.54. The van der Waals surface area contributed by atoms with E-state index in [2.05, 4.69) is 11.6 Å². The van der Waals surface area contributed by atoms with Crippen molar-refractivity contribution in [2.75, 3.05) is 13.2 Å². The van der Waals surface area contributed by atoms with Gasteiger partial charge in [-0.25, -0.2) is 0 Å². The van der Waals surface area contributed by atoms with Gasteiger partial charge in [-0.15, -0.1) is 0 Å². The normalized spacial score (nSPS) is 23.5. The maximum absolute atomic E-state index is 13.8. The summed E-state index contributed by atoms with van der Waals surface area (Å²) >= 11 is 0. The molecule has 7 heteroatoms. The molecule has 5 rings (SSSR count). The Morgan fingerprint density at radius 2 is 2.03 bits per heavy atom. The fourth-order valence-electron chi connectivity index (χ4n) is 5.32. The monoisotopic (exact) mass is 474 g/mol. The van der Waals surface area contributed by atoms with Crippen LogP contribution in [0, 0.1) is 5.92 Å². The SMILES string of the molecule is C=CCOc1ccc(C2C3=C(OC4CCCCC4C3=O)C(=O)N2Cc2cccnc2)cc1OCC. The Bertz CT molecular complexity index is 1160. The van der Waals surface area contributed by atoms with Gasteiger partial charge in [0.05, 0.1) is 24.1 Å². The number of hydrogen-bond acceptors (Lipinski definition) is 6. The summed E-state index contributed by atoms with van der Waals surface area (Å²) in [7, 11) is 0. The number of Topliss-reactive ketones (excluding diaryl/α,β-unsaturated/α-hetero) is 1. The Balaban J connectivity index is 1.58. The van der Waals surface area contributed by atoms with Gasteiger partial charge in [-0.1, -0.05) is 31.2 Å². The Morgan fingerprint density at radius 1 is 1.17 bits per heavy atom. The van der Waals surface area contributed by atoms with Gasteiger partial charge in [0.1, 0.15) is 12.7 Å².